The van der Waals surface area contributed by atoms with Crippen LogP contribution in [0.5, 0.6) is 5.75 Å². The monoisotopic (exact) mass is 314 g/mol. The third-order valence-electron chi connectivity index (χ3n) is 2.36. The van der Waals surface area contributed by atoms with E-state index in [0.29, 0.717) is 0 Å². The highest BCUT2D eigenvalue weighted by Crippen LogP contribution is 2.28. The summed E-state index contributed by atoms with van der Waals surface area (Å²) >= 11 is 3.39. The molecule has 5 heteroatoms. The molecule has 0 aliphatic heterocycles. The predicted octanol–water partition coefficient (Wildman–Crippen LogP) is 2.78. The van der Waals surface area contributed by atoms with Crippen molar-refractivity contribution in [2.24, 2.45) is 0 Å². The van der Waals surface area contributed by atoms with Crippen molar-refractivity contribution >= 4 is 27.5 Å². The molecular weight excluding hydrogens is 296 g/mol. The van der Waals surface area contributed by atoms with Gasteiger partial charge < -0.3 is 15.4 Å². The minimum Gasteiger partial charge on any atom is -0.495 e. The lowest BCUT2D eigenvalue weighted by Gasteiger charge is -2.17. The van der Waals surface area contributed by atoms with Gasteiger partial charge in [0.05, 0.1) is 11.6 Å². The second-order valence-corrected chi connectivity index (χ2v) is 5.23. The van der Waals surface area contributed by atoms with Crippen LogP contribution in [0.15, 0.2) is 22.7 Å². The number of rotatable bonds is 5. The van der Waals surface area contributed by atoms with Crippen molar-refractivity contribution < 1.29 is 9.53 Å². The minimum absolute atomic E-state index is 0.0214. The van der Waals surface area contributed by atoms with Gasteiger partial charge in [0.25, 0.3) is 0 Å². The van der Waals surface area contributed by atoms with Gasteiger partial charge in [-0.3, -0.25) is 4.79 Å². The van der Waals surface area contributed by atoms with Crippen molar-refractivity contribution in [1.29, 1.82) is 0 Å². The number of nitrogens with one attached hydrogen (secondary N) is 2. The summed E-state index contributed by atoms with van der Waals surface area (Å²) in [4.78, 5) is 11.8. The van der Waals surface area contributed by atoms with E-state index < -0.39 is 0 Å². The standard InChI is InChI=1S/C13H19BrN2O2/c1-8(2)15-13(17)9(3)16-10-5-6-11(14)12(7-10)18-4/h5-9,16H,1-4H3,(H,15,17). The molecule has 0 bridgehead atoms. The van der Waals surface area contributed by atoms with Crippen molar-refractivity contribution in [3.63, 3.8) is 0 Å². The number of hydrogen-bond donors (Lipinski definition) is 2. The molecule has 0 spiro atoms. The molecule has 100 valence electrons. The number of methoxy groups -OCH3 is 1. The van der Waals surface area contributed by atoms with E-state index in [1.54, 1.807) is 7.11 Å². The number of halogens is 1. The van der Waals surface area contributed by atoms with Crippen molar-refractivity contribution in [3.05, 3.63) is 22.7 Å². The topological polar surface area (TPSA) is 50.4 Å². The van der Waals surface area contributed by atoms with E-state index in [2.05, 4.69) is 26.6 Å². The van der Waals surface area contributed by atoms with Crippen LogP contribution in [0, 0.1) is 0 Å². The fourth-order valence-electron chi connectivity index (χ4n) is 1.47. The summed E-state index contributed by atoms with van der Waals surface area (Å²) in [5, 5.41) is 6.00. The molecule has 0 fully saturated rings. The third-order valence-corrected chi connectivity index (χ3v) is 3.01. The van der Waals surface area contributed by atoms with Crippen LogP contribution < -0.4 is 15.4 Å². The van der Waals surface area contributed by atoms with Gasteiger partial charge in [0.2, 0.25) is 5.91 Å². The van der Waals surface area contributed by atoms with Crippen molar-refractivity contribution in [1.82, 2.24) is 5.32 Å². The number of benzene rings is 1. The Labute approximate surface area is 116 Å². The maximum Gasteiger partial charge on any atom is 0.242 e. The number of ether oxygens (including phenoxy) is 1. The maximum atomic E-state index is 11.8. The molecule has 0 aliphatic carbocycles. The van der Waals surface area contributed by atoms with Crippen LogP contribution in [0.25, 0.3) is 0 Å². The molecule has 18 heavy (non-hydrogen) atoms. The van der Waals surface area contributed by atoms with E-state index >= 15 is 0 Å². The molecule has 1 atom stereocenters. The molecule has 4 nitrogen and oxygen atoms in total. The van der Waals surface area contributed by atoms with Gasteiger partial charge in [0.15, 0.2) is 0 Å². The molecular formula is C13H19BrN2O2. The Bertz CT molecular complexity index is 421. The molecule has 0 saturated heterocycles. The molecule has 2 N–H and O–H groups in total. The highest BCUT2D eigenvalue weighted by Gasteiger charge is 2.13. The average Bonchev–Trinajstić information content (AvgIpc) is 2.30. The van der Waals surface area contributed by atoms with Gasteiger partial charge in [-0.25, -0.2) is 0 Å². The molecule has 1 aromatic rings. The normalized spacial score (nSPS) is 12.1. The van der Waals surface area contributed by atoms with Gasteiger partial charge in [-0.15, -0.1) is 0 Å². The van der Waals surface area contributed by atoms with E-state index in [0.717, 1.165) is 15.9 Å². The first-order valence-electron chi connectivity index (χ1n) is 5.84. The zero-order chi connectivity index (χ0) is 13.7. The van der Waals surface area contributed by atoms with Crippen LogP contribution in [-0.4, -0.2) is 25.1 Å². The highest BCUT2D eigenvalue weighted by atomic mass is 79.9. The quantitative estimate of drug-likeness (QED) is 0.878. The third kappa shape index (κ3) is 4.22. The zero-order valence-corrected chi connectivity index (χ0v) is 12.7. The van der Waals surface area contributed by atoms with Crippen molar-refractivity contribution in [2.45, 2.75) is 32.9 Å². The summed E-state index contributed by atoms with van der Waals surface area (Å²) in [6, 6.07) is 5.47. The summed E-state index contributed by atoms with van der Waals surface area (Å²) in [6.45, 7) is 5.70. The predicted molar refractivity (Wildman–Crippen MR) is 77.1 cm³/mol. The van der Waals surface area contributed by atoms with Crippen LogP contribution in [0.4, 0.5) is 5.69 Å². The summed E-state index contributed by atoms with van der Waals surface area (Å²) in [7, 11) is 1.61. The fourth-order valence-corrected chi connectivity index (χ4v) is 1.88. The molecule has 0 heterocycles. The number of carbonyl (C=O) groups excluding carboxylic acids is 1. The van der Waals surface area contributed by atoms with Crippen LogP contribution in [0.3, 0.4) is 0 Å². The van der Waals surface area contributed by atoms with Gasteiger partial charge in [0, 0.05) is 17.8 Å². The van der Waals surface area contributed by atoms with Gasteiger partial charge in [0.1, 0.15) is 11.8 Å². The summed E-state index contributed by atoms with van der Waals surface area (Å²) in [5.41, 5.74) is 0.849. The van der Waals surface area contributed by atoms with Crippen LogP contribution in [0.2, 0.25) is 0 Å². The van der Waals surface area contributed by atoms with Crippen molar-refractivity contribution in [2.75, 3.05) is 12.4 Å². The molecule has 1 amide bonds. The Morgan fingerprint density at radius 1 is 1.33 bits per heavy atom. The summed E-state index contributed by atoms with van der Waals surface area (Å²) < 4.78 is 6.09. The number of carbonyl (C=O) groups is 1. The first-order valence-corrected chi connectivity index (χ1v) is 6.63. The number of hydrogen-bond acceptors (Lipinski definition) is 3. The van der Waals surface area contributed by atoms with E-state index in [1.807, 2.05) is 39.0 Å². The summed E-state index contributed by atoms with van der Waals surface area (Å²) in [5.74, 6) is 0.711. The van der Waals surface area contributed by atoms with Crippen LogP contribution in [0.1, 0.15) is 20.8 Å². The Morgan fingerprint density at radius 3 is 2.56 bits per heavy atom. The summed E-state index contributed by atoms with van der Waals surface area (Å²) in [6.07, 6.45) is 0. The SMILES string of the molecule is COc1cc(NC(C)C(=O)NC(C)C)ccc1Br. The molecule has 0 aliphatic rings. The van der Waals surface area contributed by atoms with Gasteiger partial charge >= 0.3 is 0 Å². The fraction of sp³-hybridized carbons (Fsp3) is 0.462. The van der Waals surface area contributed by atoms with E-state index in [4.69, 9.17) is 4.74 Å². The minimum atomic E-state index is -0.293. The lowest BCUT2D eigenvalue weighted by molar-refractivity contribution is -0.122. The maximum absolute atomic E-state index is 11.8. The Morgan fingerprint density at radius 2 is 2.00 bits per heavy atom. The van der Waals surface area contributed by atoms with E-state index in [1.165, 1.54) is 0 Å². The molecule has 0 aromatic heterocycles. The molecule has 0 saturated carbocycles. The second kappa shape index (κ2) is 6.64. The average molecular weight is 315 g/mol. The Balaban J connectivity index is 2.69. The van der Waals surface area contributed by atoms with Gasteiger partial charge in [-0.05, 0) is 48.8 Å². The van der Waals surface area contributed by atoms with Crippen LogP contribution >= 0.6 is 15.9 Å². The second-order valence-electron chi connectivity index (χ2n) is 4.38. The highest BCUT2D eigenvalue weighted by molar-refractivity contribution is 9.10. The van der Waals surface area contributed by atoms with E-state index in [9.17, 15) is 4.79 Å². The first-order chi connectivity index (χ1) is 8.43. The van der Waals surface area contributed by atoms with E-state index in [-0.39, 0.29) is 18.0 Å². The number of anilines is 1. The largest absolute Gasteiger partial charge is 0.495 e. The molecule has 1 aromatic carbocycles. The Hall–Kier alpha value is -1.23. The Kier molecular flexibility index (Phi) is 5.47. The van der Waals surface area contributed by atoms with Gasteiger partial charge in [-0.1, -0.05) is 0 Å². The molecule has 1 unspecified atom stereocenters. The lowest BCUT2D eigenvalue weighted by atomic mass is 10.2. The van der Waals surface area contributed by atoms with Gasteiger partial charge in [-0.2, -0.15) is 0 Å². The lowest BCUT2D eigenvalue weighted by Crippen LogP contribution is -2.40. The molecule has 0 radical (unpaired) electrons. The zero-order valence-electron chi connectivity index (χ0n) is 11.1. The first kappa shape index (κ1) is 14.8. The van der Waals surface area contributed by atoms with Crippen LogP contribution in [-0.2, 0) is 4.79 Å². The molecule has 1 rings (SSSR count). The van der Waals surface area contributed by atoms with Crippen molar-refractivity contribution in [3.8, 4) is 5.75 Å². The number of amides is 1. The smallest absolute Gasteiger partial charge is 0.242 e.